The molecule has 1 aliphatic rings. The van der Waals surface area contributed by atoms with E-state index in [1.54, 1.807) is 12.1 Å². The van der Waals surface area contributed by atoms with Gasteiger partial charge >= 0.3 is 0 Å². The maximum atomic E-state index is 12.4. The Morgan fingerprint density at radius 1 is 1.15 bits per heavy atom. The Bertz CT molecular complexity index is 511. The second-order valence-electron chi connectivity index (χ2n) is 4.98. The third-order valence-electron chi connectivity index (χ3n) is 3.53. The molecule has 1 fully saturated rings. The van der Waals surface area contributed by atoms with Gasteiger partial charge in [-0.2, -0.15) is 0 Å². The predicted octanol–water partition coefficient (Wildman–Crippen LogP) is 3.76. The molecule has 0 bridgehead atoms. The highest BCUT2D eigenvalue weighted by molar-refractivity contribution is 9.10. The highest BCUT2D eigenvalue weighted by atomic mass is 79.9. The minimum Gasteiger partial charge on any atom is -0.339 e. The van der Waals surface area contributed by atoms with Gasteiger partial charge in [-0.05, 0) is 40.9 Å². The fourth-order valence-electron chi connectivity index (χ4n) is 2.42. The zero-order valence-electron chi connectivity index (χ0n) is 11.2. The number of carbonyl (C=O) groups is 1. The molecule has 1 aromatic carbocycles. The fourth-order valence-corrected chi connectivity index (χ4v) is 2.81. The van der Waals surface area contributed by atoms with Crippen molar-refractivity contribution in [2.45, 2.75) is 32.1 Å². The number of rotatable bonds is 2. The SMILES string of the molecule is O=C(c1ccc(Br)c([N+](=O)[O-])c1)N1CCCCCCC1. The van der Waals surface area contributed by atoms with E-state index in [2.05, 4.69) is 15.9 Å². The zero-order chi connectivity index (χ0) is 14.5. The molecule has 1 saturated heterocycles. The molecule has 0 radical (unpaired) electrons. The van der Waals surface area contributed by atoms with E-state index in [-0.39, 0.29) is 11.6 Å². The van der Waals surface area contributed by atoms with Gasteiger partial charge in [-0.25, -0.2) is 0 Å². The first-order valence-electron chi connectivity index (χ1n) is 6.83. The molecule has 0 saturated carbocycles. The number of likely N-dealkylation sites (tertiary alicyclic amines) is 1. The Morgan fingerprint density at radius 2 is 1.75 bits per heavy atom. The lowest BCUT2D eigenvalue weighted by Gasteiger charge is -2.24. The van der Waals surface area contributed by atoms with Crippen LogP contribution in [0.15, 0.2) is 22.7 Å². The molecule has 0 spiro atoms. The van der Waals surface area contributed by atoms with E-state index in [4.69, 9.17) is 0 Å². The molecule has 108 valence electrons. The van der Waals surface area contributed by atoms with Crippen LogP contribution in [0.2, 0.25) is 0 Å². The van der Waals surface area contributed by atoms with Crippen LogP contribution in [0, 0.1) is 10.1 Å². The van der Waals surface area contributed by atoms with Gasteiger partial charge < -0.3 is 4.90 Å². The summed E-state index contributed by atoms with van der Waals surface area (Å²) < 4.78 is 0.395. The molecule has 0 aliphatic carbocycles. The lowest BCUT2D eigenvalue weighted by molar-refractivity contribution is -0.385. The molecule has 1 aliphatic heterocycles. The first-order chi connectivity index (χ1) is 9.59. The highest BCUT2D eigenvalue weighted by Crippen LogP contribution is 2.26. The molecule has 1 aromatic rings. The molecule has 1 amide bonds. The summed E-state index contributed by atoms with van der Waals surface area (Å²) in [6.07, 6.45) is 5.52. The van der Waals surface area contributed by atoms with E-state index in [9.17, 15) is 14.9 Å². The standard InChI is InChI=1S/C14H17BrN2O3/c15-12-7-6-11(10-13(12)17(19)20)14(18)16-8-4-2-1-3-5-9-16/h6-7,10H,1-5,8-9H2. The van der Waals surface area contributed by atoms with Gasteiger partial charge in [0.2, 0.25) is 0 Å². The van der Waals surface area contributed by atoms with Crippen molar-refractivity contribution in [1.29, 1.82) is 0 Å². The summed E-state index contributed by atoms with van der Waals surface area (Å²) in [6.45, 7) is 1.48. The third-order valence-corrected chi connectivity index (χ3v) is 4.20. The number of nitrogens with zero attached hydrogens (tertiary/aromatic N) is 2. The molecule has 0 N–H and O–H groups in total. The monoisotopic (exact) mass is 340 g/mol. The van der Waals surface area contributed by atoms with Gasteiger partial charge in [-0.1, -0.05) is 19.3 Å². The van der Waals surface area contributed by atoms with Gasteiger partial charge in [0, 0.05) is 24.7 Å². The second kappa shape index (κ2) is 6.83. The lowest BCUT2D eigenvalue weighted by atomic mass is 10.1. The Balaban J connectivity index is 2.19. The largest absolute Gasteiger partial charge is 0.339 e. The summed E-state index contributed by atoms with van der Waals surface area (Å²) >= 11 is 3.13. The average molecular weight is 341 g/mol. The van der Waals surface area contributed by atoms with Crippen molar-refractivity contribution in [1.82, 2.24) is 4.90 Å². The fraction of sp³-hybridized carbons (Fsp3) is 0.500. The van der Waals surface area contributed by atoms with Crippen molar-refractivity contribution in [3.05, 3.63) is 38.3 Å². The van der Waals surface area contributed by atoms with Gasteiger partial charge in [0.15, 0.2) is 0 Å². The van der Waals surface area contributed by atoms with Crippen molar-refractivity contribution in [2.24, 2.45) is 0 Å². The van der Waals surface area contributed by atoms with Crippen LogP contribution < -0.4 is 0 Å². The van der Waals surface area contributed by atoms with Gasteiger partial charge in [-0.15, -0.1) is 0 Å². The van der Waals surface area contributed by atoms with Crippen molar-refractivity contribution < 1.29 is 9.72 Å². The van der Waals surface area contributed by atoms with Crippen molar-refractivity contribution in [3.8, 4) is 0 Å². The van der Waals surface area contributed by atoms with Crippen LogP contribution in [-0.2, 0) is 0 Å². The topological polar surface area (TPSA) is 63.4 Å². The number of amides is 1. The third kappa shape index (κ3) is 3.56. The second-order valence-corrected chi connectivity index (χ2v) is 5.84. The van der Waals surface area contributed by atoms with E-state index in [1.165, 1.54) is 12.5 Å². The summed E-state index contributed by atoms with van der Waals surface area (Å²) in [7, 11) is 0. The van der Waals surface area contributed by atoms with Crippen LogP contribution in [-0.4, -0.2) is 28.8 Å². The van der Waals surface area contributed by atoms with E-state index >= 15 is 0 Å². The number of benzene rings is 1. The maximum Gasteiger partial charge on any atom is 0.284 e. The lowest BCUT2D eigenvalue weighted by Crippen LogP contribution is -2.33. The number of hydrogen-bond acceptors (Lipinski definition) is 3. The van der Waals surface area contributed by atoms with Gasteiger partial charge in [-0.3, -0.25) is 14.9 Å². The molecule has 1 heterocycles. The maximum absolute atomic E-state index is 12.4. The number of hydrogen-bond donors (Lipinski definition) is 0. The van der Waals surface area contributed by atoms with E-state index < -0.39 is 4.92 Å². The number of carbonyl (C=O) groups excluding carboxylic acids is 1. The van der Waals surface area contributed by atoms with Gasteiger partial charge in [0.1, 0.15) is 0 Å². The summed E-state index contributed by atoms with van der Waals surface area (Å²) in [5, 5.41) is 10.9. The van der Waals surface area contributed by atoms with Crippen LogP contribution in [0.4, 0.5) is 5.69 Å². The van der Waals surface area contributed by atoms with E-state index in [0.29, 0.717) is 10.0 Å². The Labute approximate surface area is 126 Å². The smallest absolute Gasteiger partial charge is 0.284 e. The zero-order valence-corrected chi connectivity index (χ0v) is 12.8. The van der Waals surface area contributed by atoms with Crippen LogP contribution in [0.25, 0.3) is 0 Å². The summed E-state index contributed by atoms with van der Waals surface area (Å²) in [6, 6.07) is 4.55. The molecule has 20 heavy (non-hydrogen) atoms. The van der Waals surface area contributed by atoms with Crippen LogP contribution in [0.5, 0.6) is 0 Å². The predicted molar refractivity (Wildman–Crippen MR) is 79.8 cm³/mol. The normalized spacial score (nSPS) is 16.4. The average Bonchev–Trinajstić information content (AvgIpc) is 2.38. The van der Waals surface area contributed by atoms with Crippen molar-refractivity contribution in [3.63, 3.8) is 0 Å². The van der Waals surface area contributed by atoms with E-state index in [0.717, 1.165) is 38.8 Å². The van der Waals surface area contributed by atoms with Crippen LogP contribution in [0.1, 0.15) is 42.5 Å². The van der Waals surface area contributed by atoms with E-state index in [1.807, 2.05) is 4.90 Å². The first-order valence-corrected chi connectivity index (χ1v) is 7.62. The summed E-state index contributed by atoms with van der Waals surface area (Å²) in [4.78, 5) is 24.7. The minimum atomic E-state index is -0.478. The Morgan fingerprint density at radius 3 is 2.35 bits per heavy atom. The molecule has 2 rings (SSSR count). The molecule has 0 aromatic heterocycles. The minimum absolute atomic E-state index is 0.0668. The highest BCUT2D eigenvalue weighted by Gasteiger charge is 2.20. The van der Waals surface area contributed by atoms with Crippen LogP contribution in [0.3, 0.4) is 0 Å². The number of nitro benzene ring substituents is 1. The molecule has 0 unspecified atom stereocenters. The van der Waals surface area contributed by atoms with Gasteiger partial charge in [0.05, 0.1) is 9.40 Å². The first kappa shape index (κ1) is 15.0. The van der Waals surface area contributed by atoms with Crippen LogP contribution >= 0.6 is 15.9 Å². The molecular formula is C14H17BrN2O3. The number of halogens is 1. The number of nitro groups is 1. The summed E-state index contributed by atoms with van der Waals surface area (Å²) in [5.41, 5.74) is 0.323. The Hall–Kier alpha value is -1.43. The molecule has 0 atom stereocenters. The quantitative estimate of drug-likeness (QED) is 0.608. The Kier molecular flexibility index (Phi) is 5.11. The molecular weight excluding hydrogens is 324 g/mol. The molecule has 6 heteroatoms. The van der Waals surface area contributed by atoms with Crippen molar-refractivity contribution in [2.75, 3.05) is 13.1 Å². The van der Waals surface area contributed by atoms with Gasteiger partial charge in [0.25, 0.3) is 11.6 Å². The molecule has 5 nitrogen and oxygen atoms in total. The summed E-state index contributed by atoms with van der Waals surface area (Å²) in [5.74, 6) is -0.109. The van der Waals surface area contributed by atoms with Crippen molar-refractivity contribution >= 4 is 27.5 Å².